The summed E-state index contributed by atoms with van der Waals surface area (Å²) in [7, 11) is -0.750. The van der Waals surface area contributed by atoms with Gasteiger partial charge in [-0.05, 0) is 36.8 Å². The minimum atomic E-state index is -3.74. The molecule has 0 aliphatic rings. The minimum absolute atomic E-state index is 0.00519. The summed E-state index contributed by atoms with van der Waals surface area (Å²) < 4.78 is 52.5. The summed E-state index contributed by atoms with van der Waals surface area (Å²) in [5.41, 5.74) is 0.421. The molecule has 0 heterocycles. The fourth-order valence-corrected chi connectivity index (χ4v) is 3.73. The lowest BCUT2D eigenvalue weighted by Crippen LogP contribution is -2.30. The molecule has 0 fully saturated rings. The first-order valence-electron chi connectivity index (χ1n) is 8.41. The Hall–Kier alpha value is -2.32. The summed E-state index contributed by atoms with van der Waals surface area (Å²) in [5, 5.41) is 0. The van der Waals surface area contributed by atoms with E-state index in [4.69, 9.17) is 0 Å². The highest BCUT2D eigenvalue weighted by Crippen LogP contribution is 2.16. The number of carbonyl (C=O) groups is 1. The van der Waals surface area contributed by atoms with Crippen LogP contribution in [0, 0.1) is 11.6 Å². The van der Waals surface area contributed by atoms with Crippen molar-refractivity contribution in [1.29, 1.82) is 0 Å². The molecule has 1 amide bonds. The molecule has 2 aromatic rings. The van der Waals surface area contributed by atoms with E-state index in [1.54, 1.807) is 25.2 Å². The van der Waals surface area contributed by atoms with E-state index >= 15 is 0 Å². The average molecular weight is 396 g/mol. The van der Waals surface area contributed by atoms with E-state index in [1.807, 2.05) is 0 Å². The number of halogens is 2. The molecule has 0 atom stereocenters. The van der Waals surface area contributed by atoms with Crippen LogP contribution in [-0.2, 0) is 21.4 Å². The van der Waals surface area contributed by atoms with Gasteiger partial charge in [0.2, 0.25) is 15.9 Å². The Kier molecular flexibility index (Phi) is 7.04. The molecule has 0 radical (unpaired) electrons. The second-order valence-corrected chi connectivity index (χ2v) is 8.27. The molecular formula is C19H22F2N2O3S. The van der Waals surface area contributed by atoms with E-state index in [1.165, 1.54) is 30.1 Å². The molecule has 0 spiro atoms. The van der Waals surface area contributed by atoms with Gasteiger partial charge >= 0.3 is 0 Å². The molecule has 0 N–H and O–H groups in total. The predicted molar refractivity (Wildman–Crippen MR) is 98.3 cm³/mol. The van der Waals surface area contributed by atoms with Gasteiger partial charge < -0.3 is 4.90 Å². The SMILES string of the molecule is CN(Cc1ccccc1F)C(=O)CCCN(C)S(=O)(=O)c1ccc(F)cc1. The normalized spacial score (nSPS) is 11.6. The maximum absolute atomic E-state index is 13.7. The molecule has 0 aromatic heterocycles. The summed E-state index contributed by atoms with van der Waals surface area (Å²) in [5.74, 6) is -1.09. The van der Waals surface area contributed by atoms with Gasteiger partial charge in [0.15, 0.2) is 0 Å². The third-order valence-electron chi connectivity index (χ3n) is 4.18. The fraction of sp³-hybridized carbons (Fsp3) is 0.316. The number of rotatable bonds is 8. The highest BCUT2D eigenvalue weighted by molar-refractivity contribution is 7.89. The zero-order valence-corrected chi connectivity index (χ0v) is 16.0. The first-order valence-corrected chi connectivity index (χ1v) is 9.85. The van der Waals surface area contributed by atoms with Crippen molar-refractivity contribution in [2.75, 3.05) is 20.6 Å². The van der Waals surface area contributed by atoms with E-state index in [9.17, 15) is 22.0 Å². The minimum Gasteiger partial charge on any atom is -0.341 e. The number of benzene rings is 2. The van der Waals surface area contributed by atoms with Crippen LogP contribution >= 0.6 is 0 Å². The predicted octanol–water partition coefficient (Wildman–Crippen LogP) is 3.02. The summed E-state index contributed by atoms with van der Waals surface area (Å²) in [6, 6.07) is 10.8. The van der Waals surface area contributed by atoms with Crippen molar-refractivity contribution in [3.63, 3.8) is 0 Å². The Morgan fingerprint density at radius 2 is 1.63 bits per heavy atom. The molecule has 5 nitrogen and oxygen atoms in total. The van der Waals surface area contributed by atoms with Crippen molar-refractivity contribution < 1.29 is 22.0 Å². The Labute approximate surface area is 158 Å². The van der Waals surface area contributed by atoms with Crippen LogP contribution in [0.25, 0.3) is 0 Å². The van der Waals surface area contributed by atoms with E-state index in [2.05, 4.69) is 0 Å². The lowest BCUT2D eigenvalue weighted by molar-refractivity contribution is -0.130. The Morgan fingerprint density at radius 1 is 1.00 bits per heavy atom. The standard InChI is InChI=1S/C19H22F2N2O3S/c1-22(14-15-6-3-4-7-18(15)21)19(24)8-5-13-23(2)27(25,26)17-11-9-16(20)10-12-17/h3-4,6-7,9-12H,5,8,13-14H2,1-2H3. The van der Waals surface area contributed by atoms with Crippen LogP contribution in [-0.4, -0.2) is 44.2 Å². The highest BCUT2D eigenvalue weighted by Gasteiger charge is 2.21. The second kappa shape index (κ2) is 9.05. The molecule has 0 saturated heterocycles. The molecule has 0 aliphatic heterocycles. The zero-order valence-electron chi connectivity index (χ0n) is 15.2. The van der Waals surface area contributed by atoms with Crippen molar-refractivity contribution in [2.45, 2.75) is 24.3 Å². The number of sulfonamides is 1. The molecule has 146 valence electrons. The van der Waals surface area contributed by atoms with Crippen LogP contribution in [0.5, 0.6) is 0 Å². The summed E-state index contributed by atoms with van der Waals surface area (Å²) in [6.07, 6.45) is 0.450. The van der Waals surface area contributed by atoms with Gasteiger partial charge in [0.1, 0.15) is 11.6 Å². The van der Waals surface area contributed by atoms with Crippen molar-refractivity contribution in [3.05, 3.63) is 65.7 Å². The Morgan fingerprint density at radius 3 is 2.26 bits per heavy atom. The lowest BCUT2D eigenvalue weighted by atomic mass is 10.2. The lowest BCUT2D eigenvalue weighted by Gasteiger charge is -2.20. The average Bonchev–Trinajstić information content (AvgIpc) is 2.63. The van der Waals surface area contributed by atoms with E-state index < -0.39 is 15.8 Å². The molecule has 0 aliphatic carbocycles. The monoisotopic (exact) mass is 396 g/mol. The molecule has 0 bridgehead atoms. The molecule has 0 unspecified atom stereocenters. The largest absolute Gasteiger partial charge is 0.341 e. The maximum atomic E-state index is 13.7. The number of carbonyl (C=O) groups excluding carboxylic acids is 1. The van der Waals surface area contributed by atoms with Crippen molar-refractivity contribution in [2.24, 2.45) is 0 Å². The van der Waals surface area contributed by atoms with Crippen molar-refractivity contribution >= 4 is 15.9 Å². The summed E-state index contributed by atoms with van der Waals surface area (Å²) >= 11 is 0. The van der Waals surface area contributed by atoms with E-state index in [0.29, 0.717) is 12.0 Å². The highest BCUT2D eigenvalue weighted by atomic mass is 32.2. The van der Waals surface area contributed by atoms with E-state index in [-0.39, 0.29) is 36.1 Å². The maximum Gasteiger partial charge on any atom is 0.242 e. The van der Waals surface area contributed by atoms with Crippen LogP contribution in [0.15, 0.2) is 53.4 Å². The third kappa shape index (κ3) is 5.58. The topological polar surface area (TPSA) is 57.7 Å². The van der Waals surface area contributed by atoms with Crippen molar-refractivity contribution in [1.82, 2.24) is 9.21 Å². The quantitative estimate of drug-likeness (QED) is 0.689. The van der Waals surface area contributed by atoms with Gasteiger partial charge in [0, 0.05) is 39.2 Å². The third-order valence-corrected chi connectivity index (χ3v) is 6.05. The van der Waals surface area contributed by atoms with Crippen LogP contribution in [0.1, 0.15) is 18.4 Å². The van der Waals surface area contributed by atoms with Crippen LogP contribution in [0.3, 0.4) is 0 Å². The van der Waals surface area contributed by atoms with Gasteiger partial charge in [-0.15, -0.1) is 0 Å². The molecule has 0 saturated carbocycles. The van der Waals surface area contributed by atoms with Gasteiger partial charge in [-0.2, -0.15) is 0 Å². The number of hydrogen-bond acceptors (Lipinski definition) is 3. The first-order chi connectivity index (χ1) is 12.7. The Balaban J connectivity index is 1.86. The molecule has 8 heteroatoms. The van der Waals surface area contributed by atoms with Gasteiger partial charge in [0.05, 0.1) is 4.90 Å². The number of nitrogens with zero attached hydrogens (tertiary/aromatic N) is 2. The molecular weight excluding hydrogens is 374 g/mol. The molecule has 27 heavy (non-hydrogen) atoms. The van der Waals surface area contributed by atoms with Crippen LogP contribution in [0.4, 0.5) is 8.78 Å². The van der Waals surface area contributed by atoms with Crippen molar-refractivity contribution in [3.8, 4) is 0 Å². The smallest absolute Gasteiger partial charge is 0.242 e. The van der Waals surface area contributed by atoms with Crippen LogP contribution in [0.2, 0.25) is 0 Å². The van der Waals surface area contributed by atoms with Gasteiger partial charge in [-0.3, -0.25) is 4.79 Å². The zero-order chi connectivity index (χ0) is 20.0. The number of hydrogen-bond donors (Lipinski definition) is 0. The van der Waals surface area contributed by atoms with Crippen LogP contribution < -0.4 is 0 Å². The summed E-state index contributed by atoms with van der Waals surface area (Å²) in [4.78, 5) is 13.6. The second-order valence-electron chi connectivity index (χ2n) is 6.23. The van der Waals surface area contributed by atoms with Gasteiger partial charge in [-0.1, -0.05) is 18.2 Å². The molecule has 2 aromatic carbocycles. The first kappa shape index (κ1) is 21.0. The van der Waals surface area contributed by atoms with E-state index in [0.717, 1.165) is 16.4 Å². The summed E-state index contributed by atoms with van der Waals surface area (Å²) in [6.45, 7) is 0.286. The van der Waals surface area contributed by atoms with Gasteiger partial charge in [0.25, 0.3) is 0 Å². The fourth-order valence-electron chi connectivity index (χ4n) is 2.52. The van der Waals surface area contributed by atoms with Gasteiger partial charge in [-0.25, -0.2) is 21.5 Å². The molecule has 2 rings (SSSR count). The number of amides is 1. The Bertz CT molecular complexity index is 886.